The van der Waals surface area contributed by atoms with Crippen molar-refractivity contribution in [1.29, 1.82) is 0 Å². The third-order valence-electron chi connectivity index (χ3n) is 8.86. The van der Waals surface area contributed by atoms with E-state index in [1.807, 2.05) is 42.5 Å². The lowest BCUT2D eigenvalue weighted by molar-refractivity contribution is 0.0447. The second-order valence-corrected chi connectivity index (χ2v) is 12.9. The fourth-order valence-corrected chi connectivity index (χ4v) is 5.61. The summed E-state index contributed by atoms with van der Waals surface area (Å²) >= 11 is 0. The first-order chi connectivity index (χ1) is 22.1. The molecule has 0 bridgehead atoms. The van der Waals surface area contributed by atoms with Crippen LogP contribution in [0.4, 0.5) is 0 Å². The van der Waals surface area contributed by atoms with E-state index in [1.54, 1.807) is 0 Å². The number of ether oxygens (including phenoxy) is 3. The van der Waals surface area contributed by atoms with E-state index in [1.165, 1.54) is 96.3 Å². The largest absolute Gasteiger partial charge is 0.494 e. The molecular formula is C41H60O4. The van der Waals surface area contributed by atoms with Crippen molar-refractivity contribution in [3.8, 4) is 11.5 Å². The summed E-state index contributed by atoms with van der Waals surface area (Å²) in [4.78, 5) is 12.3. The maximum absolute atomic E-state index is 12.3. The normalized spacial score (nSPS) is 11.9. The predicted molar refractivity (Wildman–Crippen MR) is 190 cm³/mol. The van der Waals surface area contributed by atoms with Crippen molar-refractivity contribution < 1.29 is 19.0 Å². The zero-order valence-electron chi connectivity index (χ0n) is 28.6. The van der Waals surface area contributed by atoms with Gasteiger partial charge < -0.3 is 14.2 Å². The van der Waals surface area contributed by atoms with Gasteiger partial charge in [0.2, 0.25) is 0 Å². The molecule has 0 amide bonds. The molecule has 3 rings (SSSR count). The van der Waals surface area contributed by atoms with Crippen molar-refractivity contribution in [3.05, 3.63) is 71.8 Å². The van der Waals surface area contributed by atoms with E-state index in [0.29, 0.717) is 24.7 Å². The molecule has 1 atom stereocenters. The first-order valence-corrected chi connectivity index (χ1v) is 18.1. The van der Waals surface area contributed by atoms with Crippen LogP contribution in [-0.4, -0.2) is 19.2 Å². The topological polar surface area (TPSA) is 44.8 Å². The van der Waals surface area contributed by atoms with Crippen LogP contribution in [0.15, 0.2) is 60.7 Å². The van der Waals surface area contributed by atoms with Gasteiger partial charge in [0.15, 0.2) is 0 Å². The molecule has 0 aliphatic rings. The minimum absolute atomic E-state index is 0.273. The lowest BCUT2D eigenvalue weighted by Gasteiger charge is -2.12. The smallest absolute Gasteiger partial charge is 0.338 e. The van der Waals surface area contributed by atoms with E-state index < -0.39 is 0 Å². The Morgan fingerprint density at radius 2 is 1.27 bits per heavy atom. The first kappa shape index (κ1) is 36.5. The molecule has 0 aromatic heterocycles. The molecule has 0 saturated carbocycles. The van der Waals surface area contributed by atoms with E-state index in [0.717, 1.165) is 47.3 Å². The summed E-state index contributed by atoms with van der Waals surface area (Å²) in [6.45, 7) is 8.11. The summed E-state index contributed by atoms with van der Waals surface area (Å²) < 4.78 is 17.7. The van der Waals surface area contributed by atoms with Gasteiger partial charge >= 0.3 is 5.97 Å². The van der Waals surface area contributed by atoms with Crippen molar-refractivity contribution in [2.45, 2.75) is 137 Å². The molecule has 0 fully saturated rings. The lowest BCUT2D eigenvalue weighted by atomic mass is 10.0. The summed E-state index contributed by atoms with van der Waals surface area (Å²) in [6.07, 6.45) is 23.0. The van der Waals surface area contributed by atoms with Gasteiger partial charge in [-0.15, -0.1) is 0 Å². The van der Waals surface area contributed by atoms with Gasteiger partial charge in [0.25, 0.3) is 0 Å². The molecule has 0 aliphatic heterocycles. The summed E-state index contributed by atoms with van der Waals surface area (Å²) in [6, 6.07) is 19.8. The number of rotatable bonds is 25. The molecular weight excluding hydrogens is 556 g/mol. The maximum Gasteiger partial charge on any atom is 0.338 e. The number of hydrogen-bond acceptors (Lipinski definition) is 4. The number of fused-ring (bicyclic) bond motifs is 1. The fraction of sp³-hybridized carbons (Fsp3) is 0.585. The van der Waals surface area contributed by atoms with Crippen molar-refractivity contribution in [2.24, 2.45) is 5.92 Å². The highest BCUT2D eigenvalue weighted by Crippen LogP contribution is 2.29. The number of esters is 1. The molecule has 0 N–H and O–H groups in total. The minimum atomic E-state index is -0.273. The van der Waals surface area contributed by atoms with Crippen LogP contribution in [0.3, 0.4) is 0 Å². The highest BCUT2D eigenvalue weighted by atomic mass is 16.5. The molecule has 0 spiro atoms. The third kappa shape index (κ3) is 14.8. The van der Waals surface area contributed by atoms with E-state index in [2.05, 4.69) is 39.0 Å². The maximum atomic E-state index is 12.3. The molecule has 0 unspecified atom stereocenters. The zero-order valence-corrected chi connectivity index (χ0v) is 28.6. The van der Waals surface area contributed by atoms with Crippen LogP contribution in [0.1, 0.15) is 146 Å². The number of carbonyl (C=O) groups is 1. The molecule has 4 heteroatoms. The van der Waals surface area contributed by atoms with E-state index >= 15 is 0 Å². The summed E-state index contributed by atoms with van der Waals surface area (Å²) in [7, 11) is 0. The Morgan fingerprint density at radius 1 is 0.667 bits per heavy atom. The van der Waals surface area contributed by atoms with Crippen molar-refractivity contribution >= 4 is 16.7 Å². The van der Waals surface area contributed by atoms with Crippen LogP contribution < -0.4 is 9.47 Å². The Bertz CT molecular complexity index is 1200. The standard InChI is InChI=1S/C41H60O4/c1-4-6-7-8-9-10-11-12-13-14-15-16-17-18-19-20-30-43-38-28-29-39-37(31-38)22-21-23-40(39)44-33-35-24-26-36(27-25-35)41(42)45-32-34(3)5-2/h21-29,31,34H,4-20,30,32-33H2,1-3H3/t34-/m1/s1. The lowest BCUT2D eigenvalue weighted by Crippen LogP contribution is -2.11. The molecule has 0 aliphatic carbocycles. The van der Waals surface area contributed by atoms with Gasteiger partial charge in [0.1, 0.15) is 18.1 Å². The summed E-state index contributed by atoms with van der Waals surface area (Å²) in [5.74, 6) is 1.85. The summed E-state index contributed by atoms with van der Waals surface area (Å²) in [5, 5.41) is 2.17. The SMILES string of the molecule is CCCCCCCCCCCCCCCCCCOc1ccc2c(OCc3ccc(C(=O)OC[C@H](C)CC)cc3)cccc2c1. The Balaban J connectivity index is 1.27. The van der Waals surface area contributed by atoms with E-state index in [4.69, 9.17) is 14.2 Å². The highest BCUT2D eigenvalue weighted by Gasteiger charge is 2.10. The molecule has 0 heterocycles. The van der Waals surface area contributed by atoms with Gasteiger partial charge in [-0.2, -0.15) is 0 Å². The highest BCUT2D eigenvalue weighted by molar-refractivity contribution is 5.90. The van der Waals surface area contributed by atoms with Gasteiger partial charge in [-0.05, 0) is 59.7 Å². The van der Waals surface area contributed by atoms with Crippen LogP contribution >= 0.6 is 0 Å². The Hall–Kier alpha value is -3.01. The van der Waals surface area contributed by atoms with Crippen LogP contribution in [-0.2, 0) is 11.3 Å². The Kier molecular flexibility index (Phi) is 18.2. The average Bonchev–Trinajstić information content (AvgIpc) is 3.07. The predicted octanol–water partition coefficient (Wildman–Crippen LogP) is 12.3. The van der Waals surface area contributed by atoms with Crippen molar-refractivity contribution in [1.82, 2.24) is 0 Å². The number of benzene rings is 3. The number of carbonyl (C=O) groups excluding carboxylic acids is 1. The molecule has 4 nitrogen and oxygen atoms in total. The molecule has 3 aromatic carbocycles. The monoisotopic (exact) mass is 616 g/mol. The van der Waals surface area contributed by atoms with Gasteiger partial charge in [0.05, 0.1) is 18.8 Å². The van der Waals surface area contributed by atoms with Crippen molar-refractivity contribution in [3.63, 3.8) is 0 Å². The minimum Gasteiger partial charge on any atom is -0.494 e. The Labute approximate surface area is 274 Å². The second-order valence-electron chi connectivity index (χ2n) is 12.9. The van der Waals surface area contributed by atoms with Crippen LogP contribution in [0.5, 0.6) is 11.5 Å². The zero-order chi connectivity index (χ0) is 32.0. The number of hydrogen-bond donors (Lipinski definition) is 0. The van der Waals surface area contributed by atoms with Gasteiger partial charge in [0, 0.05) is 5.39 Å². The van der Waals surface area contributed by atoms with Gasteiger partial charge in [-0.1, -0.05) is 148 Å². The third-order valence-corrected chi connectivity index (χ3v) is 8.86. The molecule has 248 valence electrons. The van der Waals surface area contributed by atoms with Gasteiger partial charge in [-0.25, -0.2) is 4.79 Å². The van der Waals surface area contributed by atoms with Crippen molar-refractivity contribution in [2.75, 3.05) is 13.2 Å². The summed E-state index contributed by atoms with van der Waals surface area (Å²) in [5.41, 5.74) is 1.57. The fourth-order valence-electron chi connectivity index (χ4n) is 5.61. The molecule has 0 saturated heterocycles. The second kappa shape index (κ2) is 22.5. The molecule has 3 aromatic rings. The van der Waals surface area contributed by atoms with E-state index in [-0.39, 0.29) is 5.97 Å². The van der Waals surface area contributed by atoms with Crippen LogP contribution in [0.2, 0.25) is 0 Å². The molecule has 45 heavy (non-hydrogen) atoms. The number of unbranched alkanes of at least 4 members (excludes halogenated alkanes) is 15. The average molecular weight is 617 g/mol. The quantitative estimate of drug-likeness (QED) is 0.0701. The van der Waals surface area contributed by atoms with Gasteiger partial charge in [-0.3, -0.25) is 0 Å². The van der Waals surface area contributed by atoms with Crippen LogP contribution in [0.25, 0.3) is 10.8 Å². The van der Waals surface area contributed by atoms with E-state index in [9.17, 15) is 4.79 Å². The Morgan fingerprint density at radius 3 is 1.87 bits per heavy atom. The molecule has 0 radical (unpaired) electrons. The first-order valence-electron chi connectivity index (χ1n) is 18.1. The van der Waals surface area contributed by atoms with Crippen LogP contribution in [0, 0.1) is 5.92 Å².